The molecule has 2 aliphatic rings. The average molecular weight is 267 g/mol. The van der Waals surface area contributed by atoms with E-state index in [1.54, 1.807) is 0 Å². The number of primary amides is 1. The van der Waals surface area contributed by atoms with Gasteiger partial charge in [0.25, 0.3) is 0 Å². The van der Waals surface area contributed by atoms with Gasteiger partial charge in [0.1, 0.15) is 0 Å². The van der Waals surface area contributed by atoms with E-state index in [0.717, 1.165) is 44.8 Å². The molecule has 0 aromatic heterocycles. The van der Waals surface area contributed by atoms with Crippen molar-refractivity contribution in [3.63, 3.8) is 0 Å². The monoisotopic (exact) mass is 267 g/mol. The predicted octanol–water partition coefficient (Wildman–Crippen LogP) is 1.48. The minimum absolute atomic E-state index is 0.276. The average Bonchev–Trinajstić information content (AvgIpc) is 3.09. The molecular weight excluding hydrogens is 238 g/mol. The zero-order valence-corrected chi connectivity index (χ0v) is 12.4. The molecule has 0 heterocycles. The summed E-state index contributed by atoms with van der Waals surface area (Å²) in [6.45, 7) is 6.76. The fourth-order valence-corrected chi connectivity index (χ4v) is 3.48. The Kier molecular flexibility index (Phi) is 4.51. The molecule has 2 rings (SSSR count). The fraction of sp³-hybridized carbons (Fsp3) is 0.933. The van der Waals surface area contributed by atoms with Crippen LogP contribution < -0.4 is 11.5 Å². The third-order valence-corrected chi connectivity index (χ3v) is 4.76. The molecule has 0 radical (unpaired) electrons. The van der Waals surface area contributed by atoms with Crippen LogP contribution in [0.25, 0.3) is 0 Å². The molecule has 4 heteroatoms. The van der Waals surface area contributed by atoms with E-state index in [-0.39, 0.29) is 11.8 Å². The van der Waals surface area contributed by atoms with Crippen LogP contribution >= 0.6 is 0 Å². The number of carbonyl (C=O) groups is 1. The summed E-state index contributed by atoms with van der Waals surface area (Å²) in [6.07, 6.45) is 6.54. The lowest BCUT2D eigenvalue weighted by atomic mass is 9.85. The van der Waals surface area contributed by atoms with Crippen LogP contribution in [0.3, 0.4) is 0 Å². The van der Waals surface area contributed by atoms with Gasteiger partial charge in [0.05, 0.1) is 5.54 Å². The lowest BCUT2D eigenvalue weighted by molar-refractivity contribution is -0.124. The second kappa shape index (κ2) is 5.80. The van der Waals surface area contributed by atoms with E-state index in [1.165, 1.54) is 12.8 Å². The molecule has 1 amide bonds. The molecule has 0 aliphatic heterocycles. The lowest BCUT2D eigenvalue weighted by Gasteiger charge is -2.31. The van der Waals surface area contributed by atoms with Gasteiger partial charge >= 0.3 is 0 Å². The number of nitrogens with two attached hydrogens (primary N) is 2. The van der Waals surface area contributed by atoms with Crippen LogP contribution in [0.15, 0.2) is 0 Å². The largest absolute Gasteiger partial charge is 0.368 e. The van der Waals surface area contributed by atoms with E-state index >= 15 is 0 Å². The van der Waals surface area contributed by atoms with Gasteiger partial charge in [0.2, 0.25) is 5.91 Å². The number of rotatable bonds is 7. The highest BCUT2D eigenvalue weighted by molar-refractivity contribution is 5.85. The first-order valence-corrected chi connectivity index (χ1v) is 7.76. The van der Waals surface area contributed by atoms with Gasteiger partial charge in [0.15, 0.2) is 0 Å². The Morgan fingerprint density at radius 2 is 2.05 bits per heavy atom. The van der Waals surface area contributed by atoms with Gasteiger partial charge in [-0.3, -0.25) is 4.79 Å². The van der Waals surface area contributed by atoms with Crippen molar-refractivity contribution in [2.75, 3.05) is 13.1 Å². The van der Waals surface area contributed by atoms with E-state index < -0.39 is 5.54 Å². The Morgan fingerprint density at radius 3 is 2.58 bits per heavy atom. The number of hydrogen-bond donors (Lipinski definition) is 2. The molecule has 4 nitrogen and oxygen atoms in total. The highest BCUT2D eigenvalue weighted by Gasteiger charge is 2.44. The third-order valence-electron chi connectivity index (χ3n) is 4.76. The minimum atomic E-state index is -0.743. The summed E-state index contributed by atoms with van der Waals surface area (Å²) in [7, 11) is 0. The summed E-state index contributed by atoms with van der Waals surface area (Å²) in [5.74, 6) is 0.665. The molecule has 0 bridgehead atoms. The van der Waals surface area contributed by atoms with Gasteiger partial charge in [-0.05, 0) is 50.5 Å². The summed E-state index contributed by atoms with van der Waals surface area (Å²) in [5, 5.41) is 0. The normalized spacial score (nSPS) is 31.3. The highest BCUT2D eigenvalue weighted by Crippen LogP contribution is 2.37. The fourth-order valence-electron chi connectivity index (χ4n) is 3.48. The van der Waals surface area contributed by atoms with Crippen LogP contribution in [0.5, 0.6) is 0 Å². The van der Waals surface area contributed by atoms with Crippen molar-refractivity contribution in [2.24, 2.45) is 23.3 Å². The Morgan fingerprint density at radius 1 is 1.37 bits per heavy atom. The summed E-state index contributed by atoms with van der Waals surface area (Å²) < 4.78 is 0. The molecule has 0 saturated heterocycles. The molecule has 110 valence electrons. The summed E-state index contributed by atoms with van der Waals surface area (Å²) in [6, 6.07) is 0.782. The van der Waals surface area contributed by atoms with Crippen molar-refractivity contribution >= 4 is 5.91 Å². The molecule has 2 aliphatic carbocycles. The number of amides is 1. The van der Waals surface area contributed by atoms with Gasteiger partial charge in [-0.2, -0.15) is 0 Å². The Labute approximate surface area is 116 Å². The first-order valence-electron chi connectivity index (χ1n) is 7.76. The van der Waals surface area contributed by atoms with Crippen molar-refractivity contribution in [3.05, 3.63) is 0 Å². The first-order chi connectivity index (χ1) is 8.93. The van der Waals surface area contributed by atoms with Crippen LogP contribution in [0.4, 0.5) is 0 Å². The number of nitrogens with zero attached hydrogens (tertiary/aromatic N) is 1. The quantitative estimate of drug-likeness (QED) is 0.734. The summed E-state index contributed by atoms with van der Waals surface area (Å²) in [4.78, 5) is 14.2. The molecule has 0 aromatic carbocycles. The Balaban J connectivity index is 1.87. The van der Waals surface area contributed by atoms with Crippen LogP contribution in [0.1, 0.15) is 52.4 Å². The third kappa shape index (κ3) is 3.48. The molecule has 2 fully saturated rings. The van der Waals surface area contributed by atoms with Crippen molar-refractivity contribution in [2.45, 2.75) is 64.0 Å². The maximum absolute atomic E-state index is 11.6. The van der Waals surface area contributed by atoms with Crippen molar-refractivity contribution in [3.8, 4) is 0 Å². The van der Waals surface area contributed by atoms with Crippen molar-refractivity contribution in [1.29, 1.82) is 0 Å². The molecule has 2 unspecified atom stereocenters. The van der Waals surface area contributed by atoms with E-state index in [9.17, 15) is 4.79 Å². The van der Waals surface area contributed by atoms with Gasteiger partial charge in [-0.25, -0.2) is 0 Å². The van der Waals surface area contributed by atoms with Gasteiger partial charge in [0, 0.05) is 12.6 Å². The van der Waals surface area contributed by atoms with Gasteiger partial charge in [-0.15, -0.1) is 0 Å². The second-order valence-corrected chi connectivity index (χ2v) is 6.90. The molecule has 19 heavy (non-hydrogen) atoms. The van der Waals surface area contributed by atoms with E-state index in [0.29, 0.717) is 5.92 Å². The van der Waals surface area contributed by atoms with E-state index in [1.807, 2.05) is 0 Å². The molecule has 0 spiro atoms. The highest BCUT2D eigenvalue weighted by atomic mass is 16.1. The summed E-state index contributed by atoms with van der Waals surface area (Å²) >= 11 is 0. The van der Waals surface area contributed by atoms with Crippen LogP contribution in [-0.4, -0.2) is 35.5 Å². The van der Waals surface area contributed by atoms with Gasteiger partial charge in [-0.1, -0.05) is 20.3 Å². The van der Waals surface area contributed by atoms with Crippen LogP contribution in [0.2, 0.25) is 0 Å². The van der Waals surface area contributed by atoms with Crippen molar-refractivity contribution < 1.29 is 4.79 Å². The van der Waals surface area contributed by atoms with E-state index in [4.69, 9.17) is 11.5 Å². The molecular formula is C15H29N3O. The summed E-state index contributed by atoms with van der Waals surface area (Å²) in [5.41, 5.74) is 11.0. The second-order valence-electron chi connectivity index (χ2n) is 6.90. The SMILES string of the molecule is CC(C)CN(CCC1CCCC1(N)C(N)=O)C1CC1. The minimum Gasteiger partial charge on any atom is -0.368 e. The smallest absolute Gasteiger partial charge is 0.237 e. The topological polar surface area (TPSA) is 72.3 Å². The number of hydrogen-bond acceptors (Lipinski definition) is 3. The lowest BCUT2D eigenvalue weighted by Crippen LogP contribution is -2.55. The van der Waals surface area contributed by atoms with E-state index in [2.05, 4.69) is 18.7 Å². The Hall–Kier alpha value is -0.610. The van der Waals surface area contributed by atoms with Crippen LogP contribution in [-0.2, 0) is 4.79 Å². The van der Waals surface area contributed by atoms with Gasteiger partial charge < -0.3 is 16.4 Å². The maximum atomic E-state index is 11.6. The molecule has 4 N–H and O–H groups in total. The standard InChI is InChI=1S/C15H29N3O/c1-11(2)10-18(13-5-6-13)9-7-12-4-3-8-15(12,17)14(16)19/h11-13H,3-10,17H2,1-2H3,(H2,16,19). The maximum Gasteiger partial charge on any atom is 0.237 e. The molecule has 2 atom stereocenters. The zero-order chi connectivity index (χ0) is 14.0. The first kappa shape index (κ1) is 14.8. The Bertz CT molecular complexity index is 327. The van der Waals surface area contributed by atoms with Crippen molar-refractivity contribution in [1.82, 2.24) is 4.90 Å². The predicted molar refractivity (Wildman–Crippen MR) is 77.5 cm³/mol. The number of carbonyl (C=O) groups excluding carboxylic acids is 1. The molecule has 0 aromatic rings. The van der Waals surface area contributed by atoms with Crippen LogP contribution in [0, 0.1) is 11.8 Å². The zero-order valence-electron chi connectivity index (χ0n) is 12.4. The molecule has 2 saturated carbocycles.